The fourth-order valence-electron chi connectivity index (χ4n) is 1.52. The molecule has 2 aromatic rings. The van der Waals surface area contributed by atoms with Crippen molar-refractivity contribution in [2.24, 2.45) is 7.05 Å². The molecule has 90 valence electrons. The lowest BCUT2D eigenvalue weighted by atomic mass is 10.1. The van der Waals surface area contributed by atoms with Gasteiger partial charge in [-0.25, -0.2) is 8.42 Å². The van der Waals surface area contributed by atoms with Crippen molar-refractivity contribution in [2.75, 3.05) is 11.0 Å². The maximum Gasteiger partial charge on any atom is 0.229 e. The molecule has 5 nitrogen and oxygen atoms in total. The molecule has 0 fully saturated rings. The molecule has 0 spiro atoms. The summed E-state index contributed by atoms with van der Waals surface area (Å²) < 4.78 is 26.2. The zero-order valence-electron chi connectivity index (χ0n) is 9.58. The van der Waals surface area contributed by atoms with E-state index in [1.807, 2.05) is 25.4 Å². The fourth-order valence-corrected chi connectivity index (χ4v) is 2.08. The van der Waals surface area contributed by atoms with Crippen LogP contribution in [-0.4, -0.2) is 24.5 Å². The van der Waals surface area contributed by atoms with Gasteiger partial charge in [-0.15, -0.1) is 0 Å². The van der Waals surface area contributed by atoms with Crippen molar-refractivity contribution in [3.8, 4) is 11.1 Å². The maximum absolute atomic E-state index is 11.0. The third kappa shape index (κ3) is 3.07. The summed E-state index contributed by atoms with van der Waals surface area (Å²) in [6, 6.07) is 7.15. The number of benzene rings is 1. The standard InChI is InChI=1S/C11H13N3O2S/c1-14-8-10(7-12-14)9-3-5-11(6-4-9)13-17(2,15)16/h3-8,13H,1-2H3. The van der Waals surface area contributed by atoms with Crippen molar-refractivity contribution in [3.63, 3.8) is 0 Å². The Kier molecular flexibility index (Phi) is 2.89. The van der Waals surface area contributed by atoms with E-state index in [4.69, 9.17) is 0 Å². The van der Waals surface area contributed by atoms with Crippen LogP contribution in [0, 0.1) is 0 Å². The Labute approximate surface area is 100 Å². The van der Waals surface area contributed by atoms with Gasteiger partial charge in [0.2, 0.25) is 10.0 Å². The lowest BCUT2D eigenvalue weighted by molar-refractivity contribution is 0.607. The van der Waals surface area contributed by atoms with Crippen LogP contribution >= 0.6 is 0 Å². The Morgan fingerprint density at radius 3 is 2.29 bits per heavy atom. The molecule has 0 atom stereocenters. The van der Waals surface area contributed by atoms with Gasteiger partial charge in [0, 0.05) is 24.5 Å². The maximum atomic E-state index is 11.0. The van der Waals surface area contributed by atoms with Crippen molar-refractivity contribution in [3.05, 3.63) is 36.7 Å². The van der Waals surface area contributed by atoms with E-state index in [1.165, 1.54) is 0 Å². The third-order valence-corrected chi connectivity index (χ3v) is 2.83. The van der Waals surface area contributed by atoms with Gasteiger partial charge in [-0.1, -0.05) is 12.1 Å². The molecule has 0 unspecified atom stereocenters. The summed E-state index contributed by atoms with van der Waals surface area (Å²) in [7, 11) is -1.37. The van der Waals surface area contributed by atoms with Gasteiger partial charge in [0.05, 0.1) is 12.5 Å². The Bertz CT molecular complexity index is 614. The molecular formula is C11H13N3O2S. The average molecular weight is 251 g/mol. The predicted octanol–water partition coefficient (Wildman–Crippen LogP) is 1.46. The van der Waals surface area contributed by atoms with Crippen LogP contribution in [-0.2, 0) is 17.1 Å². The second kappa shape index (κ2) is 4.21. The van der Waals surface area contributed by atoms with E-state index in [1.54, 1.807) is 23.0 Å². The highest BCUT2D eigenvalue weighted by Crippen LogP contribution is 2.20. The number of hydrogen-bond donors (Lipinski definition) is 1. The van der Waals surface area contributed by atoms with E-state index < -0.39 is 10.0 Å². The Morgan fingerprint density at radius 2 is 1.82 bits per heavy atom. The van der Waals surface area contributed by atoms with Gasteiger partial charge >= 0.3 is 0 Å². The van der Waals surface area contributed by atoms with E-state index >= 15 is 0 Å². The summed E-state index contributed by atoms with van der Waals surface area (Å²) in [5, 5.41) is 4.08. The van der Waals surface area contributed by atoms with E-state index in [9.17, 15) is 8.42 Å². The first-order chi connectivity index (χ1) is 7.94. The Hall–Kier alpha value is -1.82. The molecule has 0 aliphatic carbocycles. The van der Waals surface area contributed by atoms with Crippen LogP contribution < -0.4 is 4.72 Å². The van der Waals surface area contributed by atoms with E-state index in [0.717, 1.165) is 17.4 Å². The number of hydrogen-bond acceptors (Lipinski definition) is 3. The molecule has 0 radical (unpaired) electrons. The summed E-state index contributed by atoms with van der Waals surface area (Å²) in [6.45, 7) is 0. The smallest absolute Gasteiger partial charge is 0.229 e. The van der Waals surface area contributed by atoms with Crippen LogP contribution in [0.1, 0.15) is 0 Å². The van der Waals surface area contributed by atoms with E-state index in [2.05, 4.69) is 9.82 Å². The minimum absolute atomic E-state index is 0.556. The van der Waals surface area contributed by atoms with Crippen molar-refractivity contribution >= 4 is 15.7 Å². The predicted molar refractivity (Wildman–Crippen MR) is 67.1 cm³/mol. The topological polar surface area (TPSA) is 64.0 Å². The number of nitrogens with one attached hydrogen (secondary N) is 1. The van der Waals surface area contributed by atoms with Crippen LogP contribution in [0.5, 0.6) is 0 Å². The SMILES string of the molecule is Cn1cc(-c2ccc(NS(C)(=O)=O)cc2)cn1. The monoisotopic (exact) mass is 251 g/mol. The summed E-state index contributed by atoms with van der Waals surface area (Å²) in [6.07, 6.45) is 4.79. The largest absolute Gasteiger partial charge is 0.284 e. The fraction of sp³-hybridized carbons (Fsp3) is 0.182. The first-order valence-electron chi connectivity index (χ1n) is 5.01. The molecule has 1 heterocycles. The second-order valence-corrected chi connectivity index (χ2v) is 5.60. The zero-order valence-corrected chi connectivity index (χ0v) is 10.4. The van der Waals surface area contributed by atoms with Gasteiger partial charge in [0.25, 0.3) is 0 Å². The minimum atomic E-state index is -3.22. The summed E-state index contributed by atoms with van der Waals surface area (Å²) >= 11 is 0. The lowest BCUT2D eigenvalue weighted by Crippen LogP contribution is -2.09. The van der Waals surface area contributed by atoms with Gasteiger partial charge < -0.3 is 0 Å². The number of anilines is 1. The first-order valence-corrected chi connectivity index (χ1v) is 6.90. The molecule has 2 rings (SSSR count). The van der Waals surface area contributed by atoms with E-state index in [0.29, 0.717) is 5.69 Å². The lowest BCUT2D eigenvalue weighted by Gasteiger charge is -2.04. The highest BCUT2D eigenvalue weighted by molar-refractivity contribution is 7.92. The summed E-state index contributed by atoms with van der Waals surface area (Å²) in [5.41, 5.74) is 2.55. The van der Waals surface area contributed by atoms with Crippen molar-refractivity contribution in [1.29, 1.82) is 0 Å². The third-order valence-electron chi connectivity index (χ3n) is 2.23. The molecule has 0 amide bonds. The quantitative estimate of drug-likeness (QED) is 0.898. The molecule has 6 heteroatoms. The molecule has 1 aromatic heterocycles. The van der Waals surface area contributed by atoms with Gasteiger partial charge in [-0.3, -0.25) is 9.40 Å². The summed E-state index contributed by atoms with van der Waals surface area (Å²) in [4.78, 5) is 0. The van der Waals surface area contributed by atoms with Crippen molar-refractivity contribution in [1.82, 2.24) is 9.78 Å². The Morgan fingerprint density at radius 1 is 1.18 bits per heavy atom. The van der Waals surface area contributed by atoms with Crippen molar-refractivity contribution in [2.45, 2.75) is 0 Å². The highest BCUT2D eigenvalue weighted by atomic mass is 32.2. The highest BCUT2D eigenvalue weighted by Gasteiger charge is 2.03. The first kappa shape index (κ1) is 11.7. The van der Waals surface area contributed by atoms with Crippen LogP contribution in [0.4, 0.5) is 5.69 Å². The second-order valence-electron chi connectivity index (χ2n) is 3.85. The molecule has 0 aliphatic rings. The zero-order chi connectivity index (χ0) is 12.5. The normalized spacial score (nSPS) is 11.4. The number of aromatic nitrogens is 2. The molecule has 0 aliphatic heterocycles. The summed E-state index contributed by atoms with van der Waals surface area (Å²) in [5.74, 6) is 0. The molecular weight excluding hydrogens is 238 g/mol. The van der Waals surface area contributed by atoms with Crippen LogP contribution in [0.15, 0.2) is 36.7 Å². The van der Waals surface area contributed by atoms with Crippen molar-refractivity contribution < 1.29 is 8.42 Å². The molecule has 0 saturated heterocycles. The molecule has 1 N–H and O–H groups in total. The van der Waals surface area contributed by atoms with Gasteiger partial charge in [0.15, 0.2) is 0 Å². The van der Waals surface area contributed by atoms with Crippen LogP contribution in [0.3, 0.4) is 0 Å². The molecule has 0 saturated carbocycles. The molecule has 17 heavy (non-hydrogen) atoms. The number of rotatable bonds is 3. The van der Waals surface area contributed by atoms with Gasteiger partial charge in [-0.05, 0) is 17.7 Å². The average Bonchev–Trinajstić information content (AvgIpc) is 2.63. The van der Waals surface area contributed by atoms with Crippen LogP contribution in [0.25, 0.3) is 11.1 Å². The van der Waals surface area contributed by atoms with Gasteiger partial charge in [0.1, 0.15) is 0 Å². The van der Waals surface area contributed by atoms with Crippen LogP contribution in [0.2, 0.25) is 0 Å². The molecule has 1 aromatic carbocycles. The molecule has 0 bridgehead atoms. The minimum Gasteiger partial charge on any atom is -0.284 e. The Balaban J connectivity index is 2.24. The van der Waals surface area contributed by atoms with Gasteiger partial charge in [-0.2, -0.15) is 5.10 Å². The number of aryl methyl sites for hydroxylation is 1. The number of nitrogens with zero attached hydrogens (tertiary/aromatic N) is 2. The number of sulfonamides is 1. The van der Waals surface area contributed by atoms with E-state index in [-0.39, 0.29) is 0 Å².